The number of sulfone groups is 1. The highest BCUT2D eigenvalue weighted by atomic mass is 32.2. The van der Waals surface area contributed by atoms with Gasteiger partial charge in [0.05, 0.1) is 17.7 Å². The molecule has 164 valence electrons. The Morgan fingerprint density at radius 1 is 1.19 bits per heavy atom. The number of hydrogen-bond acceptors (Lipinski definition) is 6. The van der Waals surface area contributed by atoms with E-state index in [1.807, 2.05) is 13.0 Å². The highest BCUT2D eigenvalue weighted by molar-refractivity contribution is 7.91. The maximum atomic E-state index is 13.3. The van der Waals surface area contributed by atoms with Crippen molar-refractivity contribution in [1.29, 1.82) is 0 Å². The van der Waals surface area contributed by atoms with Gasteiger partial charge in [0.25, 0.3) is 0 Å². The van der Waals surface area contributed by atoms with Gasteiger partial charge < -0.3 is 14.8 Å². The van der Waals surface area contributed by atoms with Crippen LogP contribution in [0.5, 0.6) is 11.5 Å². The highest BCUT2D eigenvalue weighted by Gasteiger charge is 2.34. The van der Waals surface area contributed by atoms with E-state index in [0.29, 0.717) is 17.2 Å². The average molecular weight is 468 g/mol. The maximum Gasteiger partial charge on any atom is 0.225 e. The van der Waals surface area contributed by atoms with E-state index in [2.05, 4.69) is 11.2 Å². The van der Waals surface area contributed by atoms with E-state index in [1.54, 1.807) is 41.8 Å². The third-order valence-electron chi connectivity index (χ3n) is 5.28. The lowest BCUT2D eigenvalue weighted by molar-refractivity contribution is -0.116. The minimum atomic E-state index is -3.78. The Kier molecular flexibility index (Phi) is 5.96. The number of methoxy groups -OCH3 is 1. The molecular formula is C24H21NO5S2. The molecule has 0 bridgehead atoms. The molecule has 0 saturated heterocycles. The van der Waals surface area contributed by atoms with Gasteiger partial charge in [-0.15, -0.1) is 17.8 Å². The summed E-state index contributed by atoms with van der Waals surface area (Å²) in [5, 5.41) is 4.37. The fourth-order valence-electron chi connectivity index (χ4n) is 3.66. The van der Waals surface area contributed by atoms with Crippen molar-refractivity contribution in [3.05, 3.63) is 63.8 Å². The van der Waals surface area contributed by atoms with Crippen LogP contribution in [0.15, 0.2) is 57.6 Å². The molecular weight excluding hydrogens is 446 g/mol. The summed E-state index contributed by atoms with van der Waals surface area (Å²) in [7, 11) is -2.25. The van der Waals surface area contributed by atoms with Crippen LogP contribution in [0, 0.1) is 19.3 Å². The summed E-state index contributed by atoms with van der Waals surface area (Å²) in [5.41, 5.74) is 2.13. The second kappa shape index (κ2) is 8.69. The fraction of sp³-hybridized carbons (Fsp3) is 0.208. The van der Waals surface area contributed by atoms with Gasteiger partial charge in [-0.25, -0.2) is 8.42 Å². The molecule has 0 spiro atoms. The van der Waals surface area contributed by atoms with E-state index >= 15 is 0 Å². The van der Waals surface area contributed by atoms with Crippen LogP contribution in [-0.4, -0.2) is 28.0 Å². The summed E-state index contributed by atoms with van der Waals surface area (Å²) in [6, 6.07) is 12.1. The quantitative estimate of drug-likeness (QED) is 0.544. The van der Waals surface area contributed by atoms with Crippen molar-refractivity contribution in [3.8, 4) is 23.8 Å². The van der Waals surface area contributed by atoms with E-state index in [0.717, 1.165) is 16.0 Å². The average Bonchev–Trinajstić information content (AvgIpc) is 3.21. The van der Waals surface area contributed by atoms with Crippen LogP contribution >= 0.6 is 11.3 Å². The lowest BCUT2D eigenvalue weighted by Gasteiger charge is -2.24. The summed E-state index contributed by atoms with van der Waals surface area (Å²) < 4.78 is 37.5. The number of carbonyl (C=O) groups is 1. The molecule has 0 saturated carbocycles. The van der Waals surface area contributed by atoms with E-state index < -0.39 is 9.84 Å². The van der Waals surface area contributed by atoms with Crippen molar-refractivity contribution in [1.82, 2.24) is 0 Å². The normalized spacial score (nSPS) is 15.4. The van der Waals surface area contributed by atoms with E-state index in [1.165, 1.54) is 18.4 Å². The largest absolute Gasteiger partial charge is 0.493 e. The standard InChI is InChI=1S/C24H21NO5S2/c1-4-11-30-20-12-16(7-10-19(20)29-3)18-13-22(26)25-23-21(14-31-24(18)23)32(27,28)17-8-5-15(2)6-9-17/h1,5-10,12,14,18H,11,13H2,2-3H3,(H,25,26)/t18-/m1/s1. The Hall–Kier alpha value is -3.28. The molecule has 4 rings (SSSR count). The molecule has 1 aliphatic rings. The molecule has 3 aromatic rings. The Balaban J connectivity index is 1.78. The van der Waals surface area contributed by atoms with Gasteiger partial charge in [-0.3, -0.25) is 4.79 Å². The van der Waals surface area contributed by atoms with Crippen LogP contribution in [0.3, 0.4) is 0 Å². The van der Waals surface area contributed by atoms with Crippen LogP contribution in [0.2, 0.25) is 0 Å². The van der Waals surface area contributed by atoms with Crippen molar-refractivity contribution >= 4 is 32.8 Å². The number of aryl methyl sites for hydroxylation is 1. The summed E-state index contributed by atoms with van der Waals surface area (Å²) in [4.78, 5) is 13.6. The molecule has 0 fully saturated rings. The van der Waals surface area contributed by atoms with Gasteiger partial charge in [0.2, 0.25) is 15.7 Å². The zero-order valence-corrected chi connectivity index (χ0v) is 19.2. The first-order chi connectivity index (χ1) is 15.3. The fourth-order valence-corrected chi connectivity index (χ4v) is 6.57. The van der Waals surface area contributed by atoms with Gasteiger partial charge in [-0.1, -0.05) is 29.7 Å². The number of nitrogens with one attached hydrogen (secondary N) is 1. The summed E-state index contributed by atoms with van der Waals surface area (Å²) >= 11 is 1.32. The summed E-state index contributed by atoms with van der Waals surface area (Å²) in [6.07, 6.45) is 5.50. The zero-order valence-electron chi connectivity index (χ0n) is 17.5. The second-order valence-corrected chi connectivity index (χ2v) is 10.2. The minimum Gasteiger partial charge on any atom is -0.493 e. The van der Waals surface area contributed by atoms with Crippen LogP contribution in [0.1, 0.15) is 28.3 Å². The number of fused-ring (bicyclic) bond motifs is 1. The number of ether oxygens (including phenoxy) is 2. The number of terminal acetylenes is 1. The van der Waals surface area contributed by atoms with Crippen LogP contribution < -0.4 is 14.8 Å². The first-order valence-corrected chi connectivity index (χ1v) is 12.2. The van der Waals surface area contributed by atoms with Gasteiger partial charge in [0, 0.05) is 22.6 Å². The van der Waals surface area contributed by atoms with E-state index in [4.69, 9.17) is 15.9 Å². The van der Waals surface area contributed by atoms with Gasteiger partial charge in [0.1, 0.15) is 11.5 Å². The first-order valence-electron chi connectivity index (χ1n) is 9.82. The lowest BCUT2D eigenvalue weighted by Crippen LogP contribution is -2.23. The third-order valence-corrected chi connectivity index (χ3v) is 8.32. The van der Waals surface area contributed by atoms with Gasteiger partial charge >= 0.3 is 0 Å². The molecule has 0 radical (unpaired) electrons. The molecule has 6 nitrogen and oxygen atoms in total. The first kappa shape index (κ1) is 21.9. The molecule has 1 aliphatic heterocycles. The number of rotatable bonds is 6. The predicted molar refractivity (Wildman–Crippen MR) is 123 cm³/mol. The Morgan fingerprint density at radius 2 is 1.94 bits per heavy atom. The van der Waals surface area contributed by atoms with Crippen molar-refractivity contribution < 1.29 is 22.7 Å². The van der Waals surface area contributed by atoms with Crippen LogP contribution in [-0.2, 0) is 14.6 Å². The number of benzene rings is 2. The number of thiophene rings is 1. The molecule has 1 amide bonds. The third kappa shape index (κ3) is 3.97. The summed E-state index contributed by atoms with van der Waals surface area (Å²) in [5.74, 6) is 2.86. The monoisotopic (exact) mass is 467 g/mol. The van der Waals surface area contributed by atoms with E-state index in [9.17, 15) is 13.2 Å². The van der Waals surface area contributed by atoms with Crippen molar-refractivity contribution in [2.45, 2.75) is 29.1 Å². The van der Waals surface area contributed by atoms with Gasteiger partial charge in [-0.05, 0) is 36.8 Å². The molecule has 1 aromatic heterocycles. The Bertz CT molecular complexity index is 1320. The molecule has 2 aromatic carbocycles. The van der Waals surface area contributed by atoms with Crippen molar-refractivity contribution in [2.75, 3.05) is 19.0 Å². The Morgan fingerprint density at radius 3 is 2.62 bits per heavy atom. The molecule has 2 heterocycles. The number of hydrogen-bond donors (Lipinski definition) is 1. The van der Waals surface area contributed by atoms with Gasteiger partial charge in [-0.2, -0.15) is 0 Å². The Labute approximate surface area is 191 Å². The summed E-state index contributed by atoms with van der Waals surface area (Å²) in [6.45, 7) is 1.97. The zero-order chi connectivity index (χ0) is 22.9. The predicted octanol–water partition coefficient (Wildman–Crippen LogP) is 4.38. The smallest absolute Gasteiger partial charge is 0.225 e. The highest BCUT2D eigenvalue weighted by Crippen LogP contribution is 2.47. The molecule has 1 N–H and O–H groups in total. The minimum absolute atomic E-state index is 0.0775. The van der Waals surface area contributed by atoms with Gasteiger partial charge in [0.15, 0.2) is 11.5 Å². The molecule has 8 heteroatoms. The molecule has 32 heavy (non-hydrogen) atoms. The number of anilines is 1. The number of amides is 1. The molecule has 1 atom stereocenters. The van der Waals surface area contributed by atoms with Crippen LogP contribution in [0.4, 0.5) is 5.69 Å². The maximum absolute atomic E-state index is 13.3. The second-order valence-electron chi connectivity index (χ2n) is 7.36. The number of carbonyl (C=O) groups excluding carboxylic acids is 1. The molecule has 0 unspecified atom stereocenters. The van der Waals surface area contributed by atoms with Crippen LogP contribution in [0.25, 0.3) is 0 Å². The SMILES string of the molecule is C#CCOc1cc([C@H]2CC(=O)Nc3c(S(=O)(=O)c4ccc(C)cc4)csc32)ccc1OC. The van der Waals surface area contributed by atoms with E-state index in [-0.39, 0.29) is 34.6 Å². The van der Waals surface area contributed by atoms with Crippen molar-refractivity contribution in [3.63, 3.8) is 0 Å². The van der Waals surface area contributed by atoms with Crippen molar-refractivity contribution in [2.24, 2.45) is 0 Å². The topological polar surface area (TPSA) is 81.7 Å². The molecule has 0 aliphatic carbocycles. The lowest BCUT2D eigenvalue weighted by atomic mass is 9.90.